The minimum absolute atomic E-state index is 0.0656. The Hall–Kier alpha value is -7.50. The van der Waals surface area contributed by atoms with Crippen molar-refractivity contribution in [3.05, 3.63) is 174 Å². The molecule has 0 saturated carbocycles. The van der Waals surface area contributed by atoms with Gasteiger partial charge in [0.15, 0.2) is 5.58 Å². The Morgan fingerprint density at radius 2 is 1.17 bits per heavy atom. The summed E-state index contributed by atoms with van der Waals surface area (Å²) in [4.78, 5) is 10.6. The van der Waals surface area contributed by atoms with Crippen LogP contribution in [0.4, 0.5) is 0 Å². The Morgan fingerprint density at radius 3 is 1.95 bits per heavy atom. The summed E-state index contributed by atoms with van der Waals surface area (Å²) in [6.45, 7) is 15.7. The number of rotatable bonds is 5. The first-order valence-electron chi connectivity index (χ1n) is 22.2. The maximum absolute atomic E-state index is 7.04. The molecule has 0 N–H and O–H groups in total. The normalized spacial score (nSPS) is 12.6. The van der Waals surface area contributed by atoms with Gasteiger partial charge in [0.05, 0.1) is 22.2 Å². The molecule has 64 heavy (non-hydrogen) atoms. The second-order valence-corrected chi connectivity index (χ2v) is 19.5. The van der Waals surface area contributed by atoms with Gasteiger partial charge >= 0.3 is 0 Å². The molecule has 0 bridgehead atoms. The lowest BCUT2D eigenvalue weighted by molar-refractivity contribution is 0.452. The zero-order chi connectivity index (χ0) is 43.6. The highest BCUT2D eigenvalue weighted by Gasteiger charge is 2.25. The number of hydrogen-bond donors (Lipinski definition) is 0. The lowest BCUT2D eigenvalue weighted by Gasteiger charge is -2.23. The Balaban J connectivity index is 1.05. The fourth-order valence-electron chi connectivity index (χ4n) is 9.99. The highest BCUT2D eigenvalue weighted by Crippen LogP contribution is 2.45. The van der Waals surface area contributed by atoms with E-state index in [1.165, 1.54) is 60.0 Å². The average Bonchev–Trinajstić information content (AvgIpc) is 3.94. The van der Waals surface area contributed by atoms with E-state index in [2.05, 4.69) is 198 Å². The molecule has 7 aromatic carbocycles. The van der Waals surface area contributed by atoms with Crippen molar-refractivity contribution in [2.75, 3.05) is 0 Å². The molecule has 310 valence electrons. The molecule has 12 rings (SSSR count). The maximum atomic E-state index is 7.04. The minimum Gasteiger partial charge on any atom is -0.453 e. The number of para-hydroxylation sites is 2. The number of aromatic nitrogens is 3. The van der Waals surface area contributed by atoms with Gasteiger partial charge in [0.1, 0.15) is 11.5 Å². The summed E-state index contributed by atoms with van der Waals surface area (Å²) in [7, 11) is 0. The van der Waals surface area contributed by atoms with E-state index in [4.69, 9.17) is 19.1 Å². The number of benzene rings is 7. The van der Waals surface area contributed by atoms with Crippen LogP contribution in [-0.2, 0) is 10.8 Å². The Bertz CT molecular complexity index is 3850. The summed E-state index contributed by atoms with van der Waals surface area (Å²) in [5.41, 5.74) is 12.4. The highest BCUT2D eigenvalue weighted by atomic mass is 16.5. The summed E-state index contributed by atoms with van der Waals surface area (Å²) in [5, 5.41) is 10.3. The van der Waals surface area contributed by atoms with Gasteiger partial charge in [0.2, 0.25) is 11.8 Å². The monoisotopic (exact) mass is 829 g/mol. The van der Waals surface area contributed by atoms with Crippen LogP contribution in [0.25, 0.3) is 104 Å². The zero-order valence-corrected chi connectivity index (χ0v) is 37.2. The second kappa shape index (κ2) is 13.7. The molecule has 0 aliphatic heterocycles. The molecular weight excluding hydrogens is 783 g/mol. The predicted octanol–water partition coefficient (Wildman–Crippen LogP) is 16.4. The van der Waals surface area contributed by atoms with E-state index in [0.717, 1.165) is 61.1 Å². The third-order valence-electron chi connectivity index (χ3n) is 13.3. The smallest absolute Gasteiger partial charge is 0.229 e. The van der Waals surface area contributed by atoms with E-state index in [-0.39, 0.29) is 10.8 Å². The number of hydrogen-bond acceptors (Lipinski definition) is 4. The van der Waals surface area contributed by atoms with Gasteiger partial charge in [-0.05, 0) is 99.6 Å². The molecule has 5 heteroatoms. The molecule has 0 radical (unpaired) electrons. The molecule has 0 saturated heterocycles. The number of pyridine rings is 2. The highest BCUT2D eigenvalue weighted by molar-refractivity contribution is 6.23. The van der Waals surface area contributed by atoms with Gasteiger partial charge in [0, 0.05) is 60.6 Å². The standard InChI is InChI=1S/C59H47N3O2/c1-34-46-33-52(63-57-42-21-11-9-17-36(42)32-49(60-57)39-28-35-16-8-10-20-41(35)48(31-39)59(5,6)7)61-53(37-18-14-19-40(29-37)58(2,3)4)56(46)64-55(34)38-26-27-51-47(30-38)45-24-15-23-44-43-22-12-13-25-50(43)62(51)54(44)45/h8-33H,1-7H3. The average molecular weight is 830 g/mol. The minimum atomic E-state index is -0.0678. The van der Waals surface area contributed by atoms with Crippen LogP contribution in [0.1, 0.15) is 58.2 Å². The predicted molar refractivity (Wildman–Crippen MR) is 266 cm³/mol. The molecule has 12 aromatic rings. The third-order valence-corrected chi connectivity index (χ3v) is 13.3. The number of ether oxygens (including phenoxy) is 1. The molecule has 0 atom stereocenters. The molecule has 0 unspecified atom stereocenters. The second-order valence-electron chi connectivity index (χ2n) is 19.5. The summed E-state index contributed by atoms with van der Waals surface area (Å²) >= 11 is 0. The molecule has 5 aromatic heterocycles. The summed E-state index contributed by atoms with van der Waals surface area (Å²) in [5.74, 6) is 1.77. The van der Waals surface area contributed by atoms with E-state index in [0.29, 0.717) is 11.8 Å². The van der Waals surface area contributed by atoms with Crippen molar-refractivity contribution in [3.8, 4) is 45.6 Å². The van der Waals surface area contributed by atoms with Crippen molar-refractivity contribution >= 4 is 70.6 Å². The van der Waals surface area contributed by atoms with E-state index in [9.17, 15) is 0 Å². The van der Waals surface area contributed by atoms with Crippen molar-refractivity contribution < 1.29 is 9.15 Å². The van der Waals surface area contributed by atoms with Gasteiger partial charge < -0.3 is 13.6 Å². The lowest BCUT2D eigenvalue weighted by Crippen LogP contribution is -2.12. The molecule has 0 aliphatic rings. The van der Waals surface area contributed by atoms with Gasteiger partial charge in [0.25, 0.3) is 0 Å². The van der Waals surface area contributed by atoms with Crippen molar-refractivity contribution in [1.82, 2.24) is 14.4 Å². The molecule has 0 fully saturated rings. The van der Waals surface area contributed by atoms with Crippen LogP contribution in [0.3, 0.4) is 0 Å². The molecule has 0 amide bonds. The van der Waals surface area contributed by atoms with Crippen LogP contribution < -0.4 is 4.74 Å². The first kappa shape index (κ1) is 38.2. The SMILES string of the molecule is Cc1c(-c2ccc3c(c2)c2cccc4c5ccccc5n3c42)oc2c(-c3cccc(C(C)(C)C)c3)nc(Oc3nc(-c4cc(C(C)(C)C)c5ccccc5c4)cc4ccccc34)cc12. The topological polar surface area (TPSA) is 52.6 Å². The zero-order valence-electron chi connectivity index (χ0n) is 37.2. The number of furan rings is 1. The van der Waals surface area contributed by atoms with Crippen molar-refractivity contribution in [3.63, 3.8) is 0 Å². The summed E-state index contributed by atoms with van der Waals surface area (Å²) in [6.07, 6.45) is 0. The van der Waals surface area contributed by atoms with Gasteiger partial charge in [-0.1, -0.05) is 139 Å². The van der Waals surface area contributed by atoms with E-state index in [1.54, 1.807) is 0 Å². The maximum Gasteiger partial charge on any atom is 0.229 e. The summed E-state index contributed by atoms with van der Waals surface area (Å²) < 4.78 is 16.4. The number of aryl methyl sites for hydroxylation is 1. The van der Waals surface area contributed by atoms with Crippen molar-refractivity contribution in [2.24, 2.45) is 0 Å². The Labute approximate surface area is 371 Å². The van der Waals surface area contributed by atoms with E-state index < -0.39 is 0 Å². The lowest BCUT2D eigenvalue weighted by atomic mass is 9.82. The first-order chi connectivity index (χ1) is 30.9. The third kappa shape index (κ3) is 5.91. The Kier molecular flexibility index (Phi) is 8.21. The van der Waals surface area contributed by atoms with Crippen LogP contribution >= 0.6 is 0 Å². The van der Waals surface area contributed by atoms with E-state index >= 15 is 0 Å². The molecule has 0 aliphatic carbocycles. The van der Waals surface area contributed by atoms with E-state index in [1.807, 2.05) is 12.1 Å². The van der Waals surface area contributed by atoms with Crippen molar-refractivity contribution in [1.29, 1.82) is 0 Å². The molecule has 5 nitrogen and oxygen atoms in total. The Morgan fingerprint density at radius 1 is 0.500 bits per heavy atom. The van der Waals surface area contributed by atoms with Crippen LogP contribution in [0.5, 0.6) is 11.8 Å². The van der Waals surface area contributed by atoms with Crippen LogP contribution in [-0.4, -0.2) is 14.4 Å². The molecular formula is C59H47N3O2. The van der Waals surface area contributed by atoms with Crippen LogP contribution in [0.2, 0.25) is 0 Å². The fourth-order valence-corrected chi connectivity index (χ4v) is 9.99. The fraction of sp³-hybridized carbons (Fsp3) is 0.153. The van der Waals surface area contributed by atoms with Gasteiger partial charge in [-0.25, -0.2) is 9.97 Å². The number of fused-ring (bicyclic) bond motifs is 9. The largest absolute Gasteiger partial charge is 0.453 e. The molecule has 5 heterocycles. The van der Waals surface area contributed by atoms with Crippen LogP contribution in [0.15, 0.2) is 162 Å². The van der Waals surface area contributed by atoms with Gasteiger partial charge in [-0.15, -0.1) is 0 Å². The quantitative estimate of drug-likeness (QED) is 0.173. The van der Waals surface area contributed by atoms with Crippen LogP contribution in [0, 0.1) is 6.92 Å². The van der Waals surface area contributed by atoms with Crippen molar-refractivity contribution in [2.45, 2.75) is 59.3 Å². The number of nitrogens with zero attached hydrogens (tertiary/aromatic N) is 3. The first-order valence-corrected chi connectivity index (χ1v) is 22.2. The van der Waals surface area contributed by atoms with Gasteiger partial charge in [-0.2, -0.15) is 0 Å². The summed E-state index contributed by atoms with van der Waals surface area (Å²) in [6, 6.07) is 56.4. The van der Waals surface area contributed by atoms with Gasteiger partial charge in [-0.3, -0.25) is 0 Å². The molecule has 0 spiro atoms.